The summed E-state index contributed by atoms with van der Waals surface area (Å²) >= 11 is 1.96. The lowest BCUT2D eigenvalue weighted by Crippen LogP contribution is -2.35. The second-order valence-corrected chi connectivity index (χ2v) is 8.46. The van der Waals surface area contributed by atoms with Gasteiger partial charge in [-0.3, -0.25) is 4.79 Å². The Balaban J connectivity index is 1.53. The van der Waals surface area contributed by atoms with Crippen LogP contribution in [0.4, 0.5) is 16.2 Å². The van der Waals surface area contributed by atoms with E-state index < -0.39 is 0 Å². The maximum Gasteiger partial charge on any atom is 0.319 e. The van der Waals surface area contributed by atoms with Crippen LogP contribution in [0.15, 0.2) is 18.2 Å². The van der Waals surface area contributed by atoms with Crippen molar-refractivity contribution in [3.05, 3.63) is 18.2 Å². The number of piperidine rings is 1. The number of carbonyl (C=O) groups excluding carboxylic acids is 2. The van der Waals surface area contributed by atoms with Crippen molar-refractivity contribution >= 4 is 35.1 Å². The number of ether oxygens (including phenoxy) is 1. The second-order valence-electron chi connectivity index (χ2n) is 7.05. The third kappa shape index (κ3) is 5.54. The van der Waals surface area contributed by atoms with Gasteiger partial charge in [-0.25, -0.2) is 4.79 Å². The third-order valence-electron chi connectivity index (χ3n) is 5.09. The highest BCUT2D eigenvalue weighted by Crippen LogP contribution is 2.33. The quantitative estimate of drug-likeness (QED) is 0.689. The summed E-state index contributed by atoms with van der Waals surface area (Å²) in [6, 6.07) is 5.18. The van der Waals surface area contributed by atoms with E-state index in [1.54, 1.807) is 24.1 Å². The van der Waals surface area contributed by atoms with Gasteiger partial charge in [-0.15, -0.1) is 0 Å². The number of rotatable bonds is 7. The molecule has 3 rings (SSSR count). The minimum Gasteiger partial charge on any atom is -0.495 e. The van der Waals surface area contributed by atoms with E-state index in [4.69, 9.17) is 4.74 Å². The first kappa shape index (κ1) is 19.9. The molecule has 0 radical (unpaired) electrons. The SMILES string of the molecule is COc1ccc(NC(=O)NCCSC2CCCC2)cc1N1CCCCC1=O. The van der Waals surface area contributed by atoms with Crippen LogP contribution >= 0.6 is 11.8 Å². The van der Waals surface area contributed by atoms with E-state index in [-0.39, 0.29) is 11.9 Å². The smallest absolute Gasteiger partial charge is 0.319 e. The van der Waals surface area contributed by atoms with Crippen LogP contribution in [0.25, 0.3) is 0 Å². The Hall–Kier alpha value is -1.89. The molecule has 1 aromatic rings. The Labute approximate surface area is 165 Å². The van der Waals surface area contributed by atoms with Gasteiger partial charge >= 0.3 is 6.03 Å². The van der Waals surface area contributed by atoms with Crippen LogP contribution in [0, 0.1) is 0 Å². The van der Waals surface area contributed by atoms with Crippen molar-refractivity contribution < 1.29 is 14.3 Å². The molecule has 2 N–H and O–H groups in total. The maximum atomic E-state index is 12.2. The zero-order valence-corrected chi connectivity index (χ0v) is 16.8. The molecule has 6 nitrogen and oxygen atoms in total. The molecule has 0 spiro atoms. The first-order valence-corrected chi connectivity index (χ1v) is 10.9. The summed E-state index contributed by atoms with van der Waals surface area (Å²) < 4.78 is 5.41. The summed E-state index contributed by atoms with van der Waals surface area (Å²) in [5, 5.41) is 6.54. The number of urea groups is 1. The van der Waals surface area contributed by atoms with Gasteiger partial charge in [-0.2, -0.15) is 11.8 Å². The van der Waals surface area contributed by atoms with Gasteiger partial charge in [0.05, 0.1) is 12.8 Å². The average molecular weight is 392 g/mol. The molecule has 0 atom stereocenters. The van der Waals surface area contributed by atoms with Crippen LogP contribution in [0.5, 0.6) is 5.75 Å². The molecule has 1 heterocycles. The summed E-state index contributed by atoms with van der Waals surface area (Å²) in [6.45, 7) is 1.34. The number of carbonyl (C=O) groups is 2. The molecule has 2 fully saturated rings. The highest BCUT2D eigenvalue weighted by atomic mass is 32.2. The molecule has 148 valence electrons. The predicted octanol–water partition coefficient (Wildman–Crippen LogP) is 4.01. The lowest BCUT2D eigenvalue weighted by molar-refractivity contribution is -0.119. The number of hydrogen-bond donors (Lipinski definition) is 2. The van der Waals surface area contributed by atoms with Gasteiger partial charge in [0.25, 0.3) is 0 Å². The summed E-state index contributed by atoms with van der Waals surface area (Å²) in [5.41, 5.74) is 1.38. The summed E-state index contributed by atoms with van der Waals surface area (Å²) in [6.07, 6.45) is 7.75. The topological polar surface area (TPSA) is 70.7 Å². The minimum atomic E-state index is -0.219. The number of nitrogens with one attached hydrogen (secondary N) is 2. The number of nitrogens with zero attached hydrogens (tertiary/aromatic N) is 1. The molecule has 1 saturated carbocycles. The van der Waals surface area contributed by atoms with Crippen molar-refractivity contribution in [2.45, 2.75) is 50.2 Å². The van der Waals surface area contributed by atoms with E-state index in [2.05, 4.69) is 10.6 Å². The van der Waals surface area contributed by atoms with E-state index in [0.717, 1.165) is 29.5 Å². The molecule has 2 aliphatic rings. The fraction of sp³-hybridized carbons (Fsp3) is 0.600. The lowest BCUT2D eigenvalue weighted by Gasteiger charge is -2.28. The summed E-state index contributed by atoms with van der Waals surface area (Å²) in [7, 11) is 1.59. The fourth-order valence-corrected chi connectivity index (χ4v) is 4.88. The molecule has 1 saturated heterocycles. The van der Waals surface area contributed by atoms with Crippen molar-refractivity contribution in [1.29, 1.82) is 0 Å². The number of amides is 3. The Morgan fingerprint density at radius 2 is 2.07 bits per heavy atom. The summed E-state index contributed by atoms with van der Waals surface area (Å²) in [5.74, 6) is 1.68. The molecule has 27 heavy (non-hydrogen) atoms. The van der Waals surface area contributed by atoms with E-state index >= 15 is 0 Å². The average Bonchev–Trinajstić information content (AvgIpc) is 3.19. The first-order valence-electron chi connectivity index (χ1n) is 9.82. The fourth-order valence-electron chi connectivity index (χ4n) is 3.66. The molecule has 0 bridgehead atoms. The first-order chi connectivity index (χ1) is 13.2. The molecular weight excluding hydrogens is 362 g/mol. The normalized spacial score (nSPS) is 17.8. The lowest BCUT2D eigenvalue weighted by atomic mass is 10.1. The molecular formula is C20H29N3O3S. The van der Waals surface area contributed by atoms with E-state index in [1.165, 1.54) is 25.7 Å². The second kappa shape index (κ2) is 9.88. The number of benzene rings is 1. The third-order valence-corrected chi connectivity index (χ3v) is 6.48. The predicted molar refractivity (Wildman–Crippen MR) is 111 cm³/mol. The van der Waals surface area contributed by atoms with E-state index in [0.29, 0.717) is 30.9 Å². The van der Waals surface area contributed by atoms with Crippen molar-refractivity contribution in [1.82, 2.24) is 5.32 Å². The molecule has 1 aromatic carbocycles. The van der Waals surface area contributed by atoms with Crippen molar-refractivity contribution in [3.8, 4) is 5.75 Å². The standard InChI is InChI=1S/C20H29N3O3S/c1-26-18-10-9-15(14-17(18)23-12-5-4-8-19(23)24)22-20(25)21-11-13-27-16-6-2-3-7-16/h9-10,14,16H,2-8,11-13H2,1H3,(H2,21,22,25). The Morgan fingerprint density at radius 1 is 1.26 bits per heavy atom. The van der Waals surface area contributed by atoms with Crippen LogP contribution < -0.4 is 20.3 Å². The van der Waals surface area contributed by atoms with Crippen LogP contribution in [0.2, 0.25) is 0 Å². The van der Waals surface area contributed by atoms with Gasteiger partial charge < -0.3 is 20.3 Å². The number of hydrogen-bond acceptors (Lipinski definition) is 4. The van der Waals surface area contributed by atoms with Crippen LogP contribution in [0.3, 0.4) is 0 Å². The number of anilines is 2. The number of thioether (sulfide) groups is 1. The Morgan fingerprint density at radius 3 is 2.81 bits per heavy atom. The number of methoxy groups -OCH3 is 1. The monoisotopic (exact) mass is 391 g/mol. The van der Waals surface area contributed by atoms with E-state index in [9.17, 15) is 9.59 Å². The van der Waals surface area contributed by atoms with Crippen LogP contribution in [-0.4, -0.2) is 43.1 Å². The molecule has 1 aliphatic carbocycles. The molecule has 0 aromatic heterocycles. The van der Waals surface area contributed by atoms with Crippen LogP contribution in [-0.2, 0) is 4.79 Å². The van der Waals surface area contributed by atoms with Crippen molar-refractivity contribution in [3.63, 3.8) is 0 Å². The molecule has 0 unspecified atom stereocenters. The van der Waals surface area contributed by atoms with Gasteiger partial charge in [0.2, 0.25) is 5.91 Å². The van der Waals surface area contributed by atoms with Gasteiger partial charge in [0.1, 0.15) is 5.75 Å². The highest BCUT2D eigenvalue weighted by molar-refractivity contribution is 7.99. The Kier molecular flexibility index (Phi) is 7.26. The zero-order valence-electron chi connectivity index (χ0n) is 16.0. The van der Waals surface area contributed by atoms with Gasteiger partial charge in [-0.05, 0) is 43.9 Å². The molecule has 3 amide bonds. The minimum absolute atomic E-state index is 0.102. The molecule has 7 heteroatoms. The Bertz CT molecular complexity index is 662. The molecule has 1 aliphatic heterocycles. The highest BCUT2D eigenvalue weighted by Gasteiger charge is 2.23. The summed E-state index contributed by atoms with van der Waals surface area (Å²) in [4.78, 5) is 26.2. The maximum absolute atomic E-state index is 12.2. The zero-order chi connectivity index (χ0) is 19.1. The van der Waals surface area contributed by atoms with Crippen LogP contribution in [0.1, 0.15) is 44.9 Å². The van der Waals surface area contributed by atoms with Crippen molar-refractivity contribution in [2.24, 2.45) is 0 Å². The largest absolute Gasteiger partial charge is 0.495 e. The van der Waals surface area contributed by atoms with Gasteiger partial charge in [-0.1, -0.05) is 12.8 Å². The van der Waals surface area contributed by atoms with Gasteiger partial charge in [0, 0.05) is 36.2 Å². The van der Waals surface area contributed by atoms with E-state index in [1.807, 2.05) is 17.8 Å². The van der Waals surface area contributed by atoms with Crippen molar-refractivity contribution in [2.75, 3.05) is 36.2 Å². The van der Waals surface area contributed by atoms with Gasteiger partial charge in [0.15, 0.2) is 0 Å².